The number of nitrogens with one attached hydrogen (secondary N) is 1. The van der Waals surface area contributed by atoms with E-state index >= 15 is 0 Å². The Morgan fingerprint density at radius 2 is 1.55 bits per heavy atom. The molecule has 0 aromatic heterocycles. The summed E-state index contributed by atoms with van der Waals surface area (Å²) in [7, 11) is -4.20. The predicted molar refractivity (Wildman–Crippen MR) is 152 cm³/mol. The molecule has 0 unspecified atom stereocenters. The van der Waals surface area contributed by atoms with Crippen LogP contribution in [0.5, 0.6) is 0 Å². The smallest absolute Gasteiger partial charge is 0.264 e. The van der Waals surface area contributed by atoms with Crippen LogP contribution in [0, 0.1) is 0 Å². The monoisotopic (exact) mass is 595 g/mol. The van der Waals surface area contributed by atoms with E-state index in [9.17, 15) is 18.0 Å². The van der Waals surface area contributed by atoms with Crippen LogP contribution in [0.15, 0.2) is 77.7 Å². The number of carbonyl (C=O) groups excluding carboxylic acids is 2. The summed E-state index contributed by atoms with van der Waals surface area (Å²) in [4.78, 5) is 28.0. The summed E-state index contributed by atoms with van der Waals surface area (Å²) in [6, 6.07) is 18.1. The minimum absolute atomic E-state index is 0.000182. The molecule has 0 saturated carbocycles. The summed E-state index contributed by atoms with van der Waals surface area (Å²) in [5, 5.41) is 3.58. The van der Waals surface area contributed by atoms with Crippen molar-refractivity contribution in [2.75, 3.05) is 17.4 Å². The number of hydrogen-bond donors (Lipinski definition) is 1. The minimum Gasteiger partial charge on any atom is -0.354 e. The van der Waals surface area contributed by atoms with Crippen molar-refractivity contribution in [2.24, 2.45) is 0 Å². The molecule has 0 aliphatic rings. The predicted octanol–water partition coefficient (Wildman–Crippen LogP) is 5.79. The molecule has 1 atom stereocenters. The molecule has 0 aliphatic carbocycles. The molecule has 1 N–H and O–H groups in total. The first kappa shape index (κ1) is 29.8. The van der Waals surface area contributed by atoms with Crippen LogP contribution in [0.4, 0.5) is 5.69 Å². The summed E-state index contributed by atoms with van der Waals surface area (Å²) in [5.74, 6) is -0.964. The van der Waals surface area contributed by atoms with Crippen molar-refractivity contribution >= 4 is 62.3 Å². The van der Waals surface area contributed by atoms with Crippen LogP contribution >= 0.6 is 34.8 Å². The van der Waals surface area contributed by atoms with E-state index in [4.69, 9.17) is 34.8 Å². The number of amides is 2. The van der Waals surface area contributed by atoms with Crippen molar-refractivity contribution in [3.8, 4) is 0 Å². The number of carbonyl (C=O) groups is 2. The molecule has 3 rings (SSSR count). The molecular formula is C27H28Cl3N3O4S. The molecule has 202 valence electrons. The lowest BCUT2D eigenvalue weighted by atomic mass is 10.1. The fourth-order valence-electron chi connectivity index (χ4n) is 3.68. The van der Waals surface area contributed by atoms with Gasteiger partial charge in [0.1, 0.15) is 12.6 Å². The van der Waals surface area contributed by atoms with Crippen molar-refractivity contribution in [3.05, 3.63) is 93.4 Å². The second-order valence-electron chi connectivity index (χ2n) is 8.50. The van der Waals surface area contributed by atoms with Crippen molar-refractivity contribution < 1.29 is 18.0 Å². The van der Waals surface area contributed by atoms with Crippen LogP contribution in [-0.2, 0) is 26.2 Å². The van der Waals surface area contributed by atoms with Gasteiger partial charge in [-0.2, -0.15) is 0 Å². The molecule has 7 nitrogen and oxygen atoms in total. The van der Waals surface area contributed by atoms with Gasteiger partial charge in [-0.15, -0.1) is 0 Å². The minimum atomic E-state index is -4.20. The first-order chi connectivity index (χ1) is 18.1. The Morgan fingerprint density at radius 3 is 2.18 bits per heavy atom. The lowest BCUT2D eigenvalue weighted by molar-refractivity contribution is -0.139. The highest BCUT2D eigenvalue weighted by Crippen LogP contribution is 2.31. The van der Waals surface area contributed by atoms with Gasteiger partial charge in [0, 0.05) is 18.1 Å². The average molecular weight is 597 g/mol. The van der Waals surface area contributed by atoms with Crippen LogP contribution in [0.1, 0.15) is 25.8 Å². The third-order valence-electron chi connectivity index (χ3n) is 5.82. The second-order valence-corrected chi connectivity index (χ2v) is 11.6. The Kier molecular flexibility index (Phi) is 10.4. The van der Waals surface area contributed by atoms with Gasteiger partial charge >= 0.3 is 0 Å². The van der Waals surface area contributed by atoms with Gasteiger partial charge in [0.05, 0.1) is 20.6 Å². The maximum Gasteiger partial charge on any atom is 0.264 e. The second kappa shape index (κ2) is 13.3. The maximum absolute atomic E-state index is 13.8. The number of rotatable bonds is 11. The van der Waals surface area contributed by atoms with Crippen LogP contribution < -0.4 is 9.62 Å². The van der Waals surface area contributed by atoms with Gasteiger partial charge in [0.25, 0.3) is 10.0 Å². The summed E-state index contributed by atoms with van der Waals surface area (Å²) in [5.41, 5.74) is 0.766. The lowest BCUT2D eigenvalue weighted by Gasteiger charge is -2.32. The number of halogens is 3. The van der Waals surface area contributed by atoms with Gasteiger partial charge in [-0.3, -0.25) is 13.9 Å². The fraction of sp³-hybridized carbons (Fsp3) is 0.259. The van der Waals surface area contributed by atoms with Crippen LogP contribution in [0.2, 0.25) is 15.1 Å². The molecule has 0 fully saturated rings. The zero-order valence-corrected chi connectivity index (χ0v) is 24.0. The maximum atomic E-state index is 13.8. The molecule has 38 heavy (non-hydrogen) atoms. The molecule has 2 amide bonds. The molecule has 0 heterocycles. The topological polar surface area (TPSA) is 86.8 Å². The van der Waals surface area contributed by atoms with E-state index in [-0.39, 0.29) is 33.1 Å². The van der Waals surface area contributed by atoms with Gasteiger partial charge < -0.3 is 10.2 Å². The third-order valence-corrected chi connectivity index (χ3v) is 8.71. The number of benzene rings is 3. The number of anilines is 1. The average Bonchev–Trinajstić information content (AvgIpc) is 2.91. The standard InChI is InChI=1S/C27H28Cl3N3O4S/c1-3-15-31-27(35)19(2)32(17-20-9-7-8-12-23(20)28)26(34)18-33(21-13-14-24(29)25(30)16-21)38(36,37)22-10-5-4-6-11-22/h4-14,16,19H,3,15,17-18H2,1-2H3,(H,31,35)/t19-/m1/s1. The fourth-order valence-corrected chi connectivity index (χ4v) is 5.59. The highest BCUT2D eigenvalue weighted by atomic mass is 35.5. The van der Waals surface area contributed by atoms with Crippen molar-refractivity contribution in [1.29, 1.82) is 0 Å². The van der Waals surface area contributed by atoms with Gasteiger partial charge in [-0.05, 0) is 55.3 Å². The summed E-state index contributed by atoms with van der Waals surface area (Å²) >= 11 is 18.6. The van der Waals surface area contributed by atoms with Crippen LogP contribution in [-0.4, -0.2) is 44.3 Å². The van der Waals surface area contributed by atoms with Gasteiger partial charge in [-0.25, -0.2) is 8.42 Å². The molecule has 0 spiro atoms. The molecule has 3 aromatic rings. The molecule has 0 saturated heterocycles. The van der Waals surface area contributed by atoms with E-state index in [0.29, 0.717) is 17.1 Å². The normalized spacial score (nSPS) is 12.0. The zero-order valence-electron chi connectivity index (χ0n) is 20.9. The third kappa shape index (κ3) is 7.20. The Labute approximate surface area is 238 Å². The summed E-state index contributed by atoms with van der Waals surface area (Å²) in [6.07, 6.45) is 0.720. The van der Waals surface area contributed by atoms with Crippen LogP contribution in [0.25, 0.3) is 0 Å². The molecule has 0 aliphatic heterocycles. The Hall–Kier alpha value is -2.78. The molecule has 11 heteroatoms. The van der Waals surface area contributed by atoms with E-state index in [0.717, 1.165) is 10.7 Å². The Balaban J connectivity index is 2.04. The van der Waals surface area contributed by atoms with Crippen LogP contribution in [0.3, 0.4) is 0 Å². The van der Waals surface area contributed by atoms with E-state index in [1.54, 1.807) is 49.4 Å². The summed E-state index contributed by atoms with van der Waals surface area (Å²) in [6.45, 7) is 3.36. The van der Waals surface area contributed by atoms with Gasteiger partial charge in [0.15, 0.2) is 0 Å². The Morgan fingerprint density at radius 1 is 0.895 bits per heavy atom. The largest absolute Gasteiger partial charge is 0.354 e. The van der Waals surface area contributed by atoms with E-state index in [1.807, 2.05) is 6.92 Å². The highest BCUT2D eigenvalue weighted by molar-refractivity contribution is 7.92. The first-order valence-corrected chi connectivity index (χ1v) is 14.5. The van der Waals surface area contributed by atoms with E-state index in [1.165, 1.54) is 35.2 Å². The molecule has 0 bridgehead atoms. The highest BCUT2D eigenvalue weighted by Gasteiger charge is 2.32. The lowest BCUT2D eigenvalue weighted by Crippen LogP contribution is -2.51. The quantitative estimate of drug-likeness (QED) is 0.304. The van der Waals surface area contributed by atoms with E-state index < -0.39 is 28.5 Å². The Bertz CT molecular complexity index is 1390. The van der Waals surface area contributed by atoms with E-state index in [2.05, 4.69) is 5.32 Å². The summed E-state index contributed by atoms with van der Waals surface area (Å²) < 4.78 is 28.4. The SMILES string of the molecule is CCCNC(=O)[C@@H](C)N(Cc1ccccc1Cl)C(=O)CN(c1ccc(Cl)c(Cl)c1)S(=O)(=O)c1ccccc1. The van der Waals surface area contributed by atoms with Gasteiger partial charge in [-0.1, -0.05) is 78.1 Å². The number of hydrogen-bond acceptors (Lipinski definition) is 4. The van der Waals surface area contributed by atoms with Gasteiger partial charge in [0.2, 0.25) is 11.8 Å². The zero-order chi connectivity index (χ0) is 27.9. The number of nitrogens with zero attached hydrogens (tertiary/aromatic N) is 2. The first-order valence-electron chi connectivity index (χ1n) is 11.9. The van der Waals surface area contributed by atoms with Crippen molar-refractivity contribution in [3.63, 3.8) is 0 Å². The molecular weight excluding hydrogens is 569 g/mol. The molecule has 0 radical (unpaired) electrons. The molecule has 3 aromatic carbocycles. The van der Waals surface area contributed by atoms with Crippen molar-refractivity contribution in [2.45, 2.75) is 37.8 Å². The van der Waals surface area contributed by atoms with Crippen molar-refractivity contribution in [1.82, 2.24) is 10.2 Å². The number of sulfonamides is 1.